The molecule has 0 aliphatic rings. The summed E-state index contributed by atoms with van der Waals surface area (Å²) in [6.45, 7) is 1.59. The van der Waals surface area contributed by atoms with Crippen LogP contribution in [0.2, 0.25) is 0 Å². The first kappa shape index (κ1) is 13.1. The van der Waals surface area contributed by atoms with Gasteiger partial charge in [-0.3, -0.25) is 0 Å². The summed E-state index contributed by atoms with van der Waals surface area (Å²) in [5, 5.41) is 19.8. The molecule has 0 aliphatic carbocycles. The first-order chi connectivity index (χ1) is 10.1. The van der Waals surface area contributed by atoms with Crippen molar-refractivity contribution in [2.75, 3.05) is 0 Å². The molecule has 104 valence electrons. The molecule has 0 saturated heterocycles. The molecule has 0 aliphatic heterocycles. The Bertz CT molecular complexity index is 842. The van der Waals surface area contributed by atoms with Gasteiger partial charge in [0.05, 0.1) is 11.2 Å². The number of fused-ring (bicyclic) bond motifs is 1. The van der Waals surface area contributed by atoms with Crippen LogP contribution in [0, 0.1) is 6.92 Å². The number of carbonyl (C=O) groups is 1. The van der Waals surface area contributed by atoms with Gasteiger partial charge in [-0.15, -0.1) is 0 Å². The van der Waals surface area contributed by atoms with E-state index in [0.717, 1.165) is 11.1 Å². The minimum atomic E-state index is -1.16. The van der Waals surface area contributed by atoms with Gasteiger partial charge in [0.1, 0.15) is 5.56 Å². The molecule has 4 nitrogen and oxygen atoms in total. The molecule has 0 spiro atoms. The fraction of sp³-hybridized carbons (Fsp3) is 0.0588. The highest BCUT2D eigenvalue weighted by Crippen LogP contribution is 2.31. The molecule has 1 heterocycles. The van der Waals surface area contributed by atoms with Crippen LogP contribution >= 0.6 is 0 Å². The van der Waals surface area contributed by atoms with E-state index in [9.17, 15) is 15.0 Å². The van der Waals surface area contributed by atoms with Crippen molar-refractivity contribution in [1.82, 2.24) is 4.98 Å². The highest BCUT2D eigenvalue weighted by atomic mass is 16.4. The Morgan fingerprint density at radius 3 is 2.43 bits per heavy atom. The Morgan fingerprint density at radius 1 is 1.05 bits per heavy atom. The lowest BCUT2D eigenvalue weighted by Crippen LogP contribution is -2.01. The summed E-state index contributed by atoms with van der Waals surface area (Å²) in [5.41, 5.74) is 2.64. The van der Waals surface area contributed by atoms with Gasteiger partial charge < -0.3 is 10.2 Å². The Labute approximate surface area is 121 Å². The fourth-order valence-corrected chi connectivity index (χ4v) is 2.40. The zero-order chi connectivity index (χ0) is 15.0. The first-order valence-electron chi connectivity index (χ1n) is 6.50. The van der Waals surface area contributed by atoms with Gasteiger partial charge >= 0.3 is 5.97 Å². The van der Waals surface area contributed by atoms with Crippen LogP contribution in [-0.4, -0.2) is 21.2 Å². The zero-order valence-electron chi connectivity index (χ0n) is 11.4. The summed E-state index contributed by atoms with van der Waals surface area (Å²) in [6.07, 6.45) is 0. The van der Waals surface area contributed by atoms with Gasteiger partial charge in [-0.2, -0.15) is 0 Å². The number of aromatic carboxylic acids is 1. The predicted octanol–water partition coefficient (Wildman–Crippen LogP) is 3.61. The SMILES string of the molecule is Cc1nc2ccc(-c3ccccc3)cc2c(C(=O)O)c1O. The number of carboxylic acid groups (broad SMARTS) is 1. The van der Waals surface area contributed by atoms with E-state index in [0.29, 0.717) is 16.6 Å². The van der Waals surface area contributed by atoms with Gasteiger partial charge in [0.2, 0.25) is 0 Å². The largest absolute Gasteiger partial charge is 0.505 e. The van der Waals surface area contributed by atoms with E-state index >= 15 is 0 Å². The molecule has 0 saturated carbocycles. The lowest BCUT2D eigenvalue weighted by Gasteiger charge is -2.09. The average molecular weight is 279 g/mol. The van der Waals surface area contributed by atoms with Crippen molar-refractivity contribution in [3.05, 3.63) is 59.8 Å². The van der Waals surface area contributed by atoms with Crippen molar-refractivity contribution in [1.29, 1.82) is 0 Å². The van der Waals surface area contributed by atoms with E-state index in [1.807, 2.05) is 36.4 Å². The maximum absolute atomic E-state index is 11.4. The van der Waals surface area contributed by atoms with Crippen molar-refractivity contribution in [2.24, 2.45) is 0 Å². The number of hydrogen-bond acceptors (Lipinski definition) is 3. The van der Waals surface area contributed by atoms with E-state index in [1.54, 1.807) is 19.1 Å². The normalized spacial score (nSPS) is 10.7. The molecule has 1 aromatic heterocycles. The summed E-state index contributed by atoms with van der Waals surface area (Å²) < 4.78 is 0. The molecule has 2 aromatic carbocycles. The van der Waals surface area contributed by atoms with Crippen molar-refractivity contribution in [2.45, 2.75) is 6.92 Å². The second-order valence-electron chi connectivity index (χ2n) is 4.82. The van der Waals surface area contributed by atoms with Crippen LogP contribution in [0.1, 0.15) is 16.1 Å². The van der Waals surface area contributed by atoms with Crippen molar-refractivity contribution < 1.29 is 15.0 Å². The molecule has 0 atom stereocenters. The van der Waals surface area contributed by atoms with E-state index in [2.05, 4.69) is 4.98 Å². The molecule has 0 bridgehead atoms. The third-order valence-electron chi connectivity index (χ3n) is 3.45. The quantitative estimate of drug-likeness (QED) is 0.751. The van der Waals surface area contributed by atoms with Gasteiger partial charge in [0.25, 0.3) is 0 Å². The summed E-state index contributed by atoms with van der Waals surface area (Å²) in [6, 6.07) is 15.1. The number of rotatable bonds is 2. The van der Waals surface area contributed by atoms with Gasteiger partial charge in [-0.25, -0.2) is 9.78 Å². The maximum atomic E-state index is 11.4. The second kappa shape index (κ2) is 4.90. The van der Waals surface area contributed by atoms with E-state index in [4.69, 9.17) is 0 Å². The van der Waals surface area contributed by atoms with Crippen LogP contribution in [0.15, 0.2) is 48.5 Å². The molecule has 0 unspecified atom stereocenters. The third kappa shape index (κ3) is 2.21. The molecule has 3 rings (SSSR count). The summed E-state index contributed by atoms with van der Waals surface area (Å²) >= 11 is 0. The standard InChI is InChI=1S/C17H13NO3/c1-10-16(19)15(17(20)21)13-9-12(7-8-14(13)18-10)11-5-3-2-4-6-11/h2-9,19H,1H3,(H,20,21). The average Bonchev–Trinajstić information content (AvgIpc) is 2.48. The zero-order valence-corrected chi connectivity index (χ0v) is 11.4. The molecular formula is C17H13NO3. The Kier molecular flexibility index (Phi) is 3.06. The number of pyridine rings is 1. The predicted molar refractivity (Wildman–Crippen MR) is 80.5 cm³/mol. The topological polar surface area (TPSA) is 70.4 Å². The lowest BCUT2D eigenvalue weighted by molar-refractivity contribution is 0.0695. The molecular weight excluding hydrogens is 266 g/mol. The number of carboxylic acids is 1. The minimum Gasteiger partial charge on any atom is -0.505 e. The minimum absolute atomic E-state index is 0.102. The van der Waals surface area contributed by atoms with E-state index in [-0.39, 0.29) is 11.3 Å². The second-order valence-corrected chi connectivity index (χ2v) is 4.82. The van der Waals surface area contributed by atoms with E-state index < -0.39 is 5.97 Å². The molecule has 2 N–H and O–H groups in total. The van der Waals surface area contributed by atoms with Crippen LogP contribution in [0.4, 0.5) is 0 Å². The Balaban J connectivity index is 2.33. The smallest absolute Gasteiger partial charge is 0.340 e. The number of aromatic nitrogens is 1. The van der Waals surface area contributed by atoms with Crippen LogP contribution < -0.4 is 0 Å². The lowest BCUT2D eigenvalue weighted by atomic mass is 10.00. The molecule has 4 heteroatoms. The summed E-state index contributed by atoms with van der Waals surface area (Å²) in [7, 11) is 0. The number of benzene rings is 2. The van der Waals surface area contributed by atoms with Gasteiger partial charge in [0, 0.05) is 5.39 Å². The molecule has 3 aromatic rings. The Morgan fingerprint density at radius 2 is 1.76 bits per heavy atom. The van der Waals surface area contributed by atoms with Crippen LogP contribution in [0.25, 0.3) is 22.0 Å². The molecule has 21 heavy (non-hydrogen) atoms. The maximum Gasteiger partial charge on any atom is 0.340 e. The number of hydrogen-bond donors (Lipinski definition) is 2. The van der Waals surface area contributed by atoms with Gasteiger partial charge in [-0.1, -0.05) is 36.4 Å². The summed E-state index contributed by atoms with van der Waals surface area (Å²) in [4.78, 5) is 15.7. The van der Waals surface area contributed by atoms with Gasteiger partial charge in [-0.05, 0) is 30.2 Å². The first-order valence-corrected chi connectivity index (χ1v) is 6.50. The third-order valence-corrected chi connectivity index (χ3v) is 3.45. The van der Waals surface area contributed by atoms with Crippen LogP contribution in [0.3, 0.4) is 0 Å². The molecule has 0 fully saturated rings. The van der Waals surface area contributed by atoms with Crippen molar-refractivity contribution in [3.8, 4) is 16.9 Å². The van der Waals surface area contributed by atoms with E-state index in [1.165, 1.54) is 0 Å². The highest BCUT2D eigenvalue weighted by molar-refractivity contribution is 6.06. The van der Waals surface area contributed by atoms with Crippen molar-refractivity contribution in [3.63, 3.8) is 0 Å². The summed E-state index contributed by atoms with van der Waals surface area (Å²) in [5.74, 6) is -1.44. The van der Waals surface area contributed by atoms with Gasteiger partial charge in [0.15, 0.2) is 5.75 Å². The monoisotopic (exact) mass is 279 g/mol. The fourth-order valence-electron chi connectivity index (χ4n) is 2.40. The number of aromatic hydroxyl groups is 1. The van der Waals surface area contributed by atoms with Crippen LogP contribution in [0.5, 0.6) is 5.75 Å². The Hall–Kier alpha value is -2.88. The highest BCUT2D eigenvalue weighted by Gasteiger charge is 2.18. The number of nitrogens with zero attached hydrogens (tertiary/aromatic N) is 1. The van der Waals surface area contributed by atoms with Crippen molar-refractivity contribution >= 4 is 16.9 Å². The number of aryl methyl sites for hydroxylation is 1. The van der Waals surface area contributed by atoms with Crippen LogP contribution in [-0.2, 0) is 0 Å². The molecule has 0 amide bonds. The molecule has 0 radical (unpaired) electrons.